The monoisotopic (exact) mass is 520 g/mol. The smallest absolute Gasteiger partial charge is 0.218 e. The van der Waals surface area contributed by atoms with Gasteiger partial charge >= 0.3 is 0 Å². The van der Waals surface area contributed by atoms with Gasteiger partial charge < -0.3 is 14.4 Å². The minimum atomic E-state index is -3.48. The van der Waals surface area contributed by atoms with Crippen LogP contribution in [0.4, 0.5) is 5.69 Å². The molecule has 196 valence electrons. The van der Waals surface area contributed by atoms with Crippen LogP contribution >= 0.6 is 0 Å². The molecule has 0 radical (unpaired) electrons. The molecule has 1 saturated carbocycles. The van der Waals surface area contributed by atoms with E-state index in [0.717, 1.165) is 41.2 Å². The third kappa shape index (κ3) is 6.28. The maximum atomic E-state index is 13.6. The Hall–Kier alpha value is -3.03. The molecule has 0 aromatic heterocycles. The van der Waals surface area contributed by atoms with Crippen LogP contribution in [0.25, 0.3) is 0 Å². The van der Waals surface area contributed by atoms with Crippen molar-refractivity contribution in [2.75, 3.05) is 31.6 Å². The lowest BCUT2D eigenvalue weighted by atomic mass is 10.0. The van der Waals surface area contributed by atoms with Gasteiger partial charge in [0.2, 0.25) is 10.0 Å². The quantitative estimate of drug-likeness (QED) is 0.384. The molecule has 1 heterocycles. The van der Waals surface area contributed by atoms with Crippen molar-refractivity contribution in [2.24, 2.45) is 0 Å². The van der Waals surface area contributed by atoms with E-state index >= 15 is 0 Å². The first-order valence-corrected chi connectivity index (χ1v) is 14.8. The number of nitrogens with zero attached hydrogens (tertiary/aromatic N) is 2. The summed E-state index contributed by atoms with van der Waals surface area (Å²) in [4.78, 5) is 2.28. The number of piperazine rings is 1. The lowest BCUT2D eigenvalue weighted by Crippen LogP contribution is -2.56. The first-order chi connectivity index (χ1) is 18.0. The van der Waals surface area contributed by atoms with Crippen molar-refractivity contribution in [3.63, 3.8) is 0 Å². The maximum Gasteiger partial charge on any atom is 0.218 e. The van der Waals surface area contributed by atoms with Crippen molar-refractivity contribution in [2.45, 2.75) is 50.0 Å². The molecule has 0 amide bonds. The highest BCUT2D eigenvalue weighted by Crippen LogP contribution is 2.36. The molecule has 2 aliphatic rings. The Kier molecular flexibility index (Phi) is 8.01. The molecule has 0 spiro atoms. The van der Waals surface area contributed by atoms with Gasteiger partial charge in [0, 0.05) is 37.4 Å². The van der Waals surface area contributed by atoms with Gasteiger partial charge in [-0.25, -0.2) is 8.42 Å². The zero-order valence-electron chi connectivity index (χ0n) is 21.5. The highest BCUT2D eigenvalue weighted by atomic mass is 32.2. The molecular weight excluding hydrogens is 484 g/mol. The summed E-state index contributed by atoms with van der Waals surface area (Å²) in [6.45, 7) is 1.67. The number of benzene rings is 3. The van der Waals surface area contributed by atoms with E-state index in [-0.39, 0.29) is 17.9 Å². The van der Waals surface area contributed by atoms with Crippen LogP contribution in [-0.2, 0) is 22.2 Å². The molecule has 0 bridgehead atoms. The first-order valence-electron chi connectivity index (χ1n) is 13.2. The second-order valence-electron chi connectivity index (χ2n) is 10.0. The predicted molar refractivity (Wildman–Crippen MR) is 148 cm³/mol. The van der Waals surface area contributed by atoms with Crippen molar-refractivity contribution in [3.05, 3.63) is 90.0 Å². The molecule has 0 unspecified atom stereocenters. The number of anilines is 1. The lowest BCUT2D eigenvalue weighted by molar-refractivity contribution is 0.200. The summed E-state index contributed by atoms with van der Waals surface area (Å²) in [5.41, 5.74) is 2.98. The van der Waals surface area contributed by atoms with E-state index in [9.17, 15) is 8.42 Å². The van der Waals surface area contributed by atoms with Crippen LogP contribution in [0.15, 0.2) is 78.9 Å². The Balaban J connectivity index is 1.39. The van der Waals surface area contributed by atoms with Crippen molar-refractivity contribution in [1.29, 1.82) is 0 Å². The maximum absolute atomic E-state index is 13.6. The molecule has 6 nitrogen and oxygen atoms in total. The normalized spacial score (nSPS) is 19.2. The summed E-state index contributed by atoms with van der Waals surface area (Å²) in [6.07, 6.45) is 5.44. The number of rotatable bonds is 9. The molecule has 3 aromatic rings. The topological polar surface area (TPSA) is 59.1 Å². The fourth-order valence-corrected chi connectivity index (χ4v) is 7.23. The molecule has 1 aliphatic carbocycles. The number of hydrogen-bond acceptors (Lipinski definition) is 5. The highest BCUT2D eigenvalue weighted by Gasteiger charge is 2.35. The Bertz CT molecular complexity index is 1260. The molecule has 7 heteroatoms. The summed E-state index contributed by atoms with van der Waals surface area (Å²) in [7, 11) is -1.81. The van der Waals surface area contributed by atoms with Crippen LogP contribution < -0.4 is 14.4 Å². The second-order valence-corrected chi connectivity index (χ2v) is 11.9. The van der Waals surface area contributed by atoms with Crippen LogP contribution in [0.2, 0.25) is 0 Å². The summed E-state index contributed by atoms with van der Waals surface area (Å²) >= 11 is 0. The van der Waals surface area contributed by atoms with Gasteiger partial charge in [0.25, 0.3) is 0 Å². The third-order valence-corrected chi connectivity index (χ3v) is 9.29. The average Bonchev–Trinajstić information content (AvgIpc) is 3.42. The molecule has 5 rings (SSSR count). The van der Waals surface area contributed by atoms with Gasteiger partial charge in [-0.1, -0.05) is 60.7 Å². The van der Waals surface area contributed by atoms with Crippen LogP contribution in [0, 0.1) is 0 Å². The third-order valence-electron chi connectivity index (χ3n) is 7.40. The van der Waals surface area contributed by atoms with E-state index in [0.29, 0.717) is 26.1 Å². The van der Waals surface area contributed by atoms with Gasteiger partial charge in [-0.2, -0.15) is 4.31 Å². The molecule has 1 saturated heterocycles. The lowest BCUT2D eigenvalue weighted by Gasteiger charge is -2.42. The Morgan fingerprint density at radius 3 is 2.19 bits per heavy atom. The molecule has 1 aliphatic heterocycles. The fourth-order valence-electron chi connectivity index (χ4n) is 5.50. The van der Waals surface area contributed by atoms with Gasteiger partial charge in [-0.3, -0.25) is 0 Å². The first kappa shape index (κ1) is 25.6. The molecule has 1 atom stereocenters. The van der Waals surface area contributed by atoms with Gasteiger partial charge in [-0.05, 0) is 55.4 Å². The predicted octanol–water partition coefficient (Wildman–Crippen LogP) is 5.28. The van der Waals surface area contributed by atoms with E-state index in [1.807, 2.05) is 60.7 Å². The Morgan fingerprint density at radius 2 is 1.51 bits per heavy atom. The summed E-state index contributed by atoms with van der Waals surface area (Å²) in [5, 5.41) is 0. The number of hydrogen-bond donors (Lipinski definition) is 0. The van der Waals surface area contributed by atoms with Crippen LogP contribution in [0.1, 0.15) is 36.8 Å². The van der Waals surface area contributed by atoms with E-state index in [2.05, 4.69) is 23.1 Å². The molecule has 37 heavy (non-hydrogen) atoms. The van der Waals surface area contributed by atoms with Crippen LogP contribution in [-0.4, -0.2) is 51.6 Å². The van der Waals surface area contributed by atoms with Gasteiger partial charge in [0.15, 0.2) is 11.5 Å². The Morgan fingerprint density at radius 1 is 0.838 bits per heavy atom. The summed E-state index contributed by atoms with van der Waals surface area (Å²) in [5.74, 6) is 1.52. The number of methoxy groups -OCH3 is 1. The van der Waals surface area contributed by atoms with E-state index in [1.165, 1.54) is 12.8 Å². The minimum absolute atomic E-state index is 0.0149. The number of sulfonamides is 1. The zero-order valence-corrected chi connectivity index (χ0v) is 22.3. The van der Waals surface area contributed by atoms with Gasteiger partial charge in [0.05, 0.1) is 19.0 Å². The van der Waals surface area contributed by atoms with E-state index in [4.69, 9.17) is 9.47 Å². The van der Waals surface area contributed by atoms with Gasteiger partial charge in [0.1, 0.15) is 0 Å². The molecule has 0 N–H and O–H groups in total. The molecule has 2 fully saturated rings. The van der Waals surface area contributed by atoms with Crippen molar-refractivity contribution in [3.8, 4) is 11.5 Å². The molecular formula is C30H36N2O4S. The summed E-state index contributed by atoms with van der Waals surface area (Å²) < 4.78 is 40.8. The van der Waals surface area contributed by atoms with Crippen LogP contribution in [0.5, 0.6) is 11.5 Å². The minimum Gasteiger partial charge on any atom is -0.493 e. The zero-order chi connectivity index (χ0) is 25.7. The average molecular weight is 521 g/mol. The van der Waals surface area contributed by atoms with Crippen molar-refractivity contribution < 1.29 is 17.9 Å². The SMILES string of the molecule is COc1ccc(N2CCN(S(=O)(=O)Cc3ccccc3)[C@H](Cc3ccccc3)C2)cc1OC1CCCC1. The highest BCUT2D eigenvalue weighted by molar-refractivity contribution is 7.88. The van der Waals surface area contributed by atoms with Crippen molar-refractivity contribution in [1.82, 2.24) is 4.31 Å². The Labute approximate surface area is 220 Å². The van der Waals surface area contributed by atoms with Crippen molar-refractivity contribution >= 4 is 15.7 Å². The largest absolute Gasteiger partial charge is 0.493 e. The second kappa shape index (κ2) is 11.6. The summed E-state index contributed by atoms with van der Waals surface area (Å²) in [6, 6.07) is 25.5. The molecule has 3 aromatic carbocycles. The fraction of sp³-hybridized carbons (Fsp3) is 0.400. The van der Waals surface area contributed by atoms with Gasteiger partial charge in [-0.15, -0.1) is 0 Å². The van der Waals surface area contributed by atoms with E-state index < -0.39 is 10.0 Å². The van der Waals surface area contributed by atoms with E-state index in [1.54, 1.807) is 11.4 Å². The van der Waals surface area contributed by atoms with Crippen LogP contribution in [0.3, 0.4) is 0 Å². The standard InChI is InChI=1S/C30H36N2O4S/c1-35-29-17-16-26(21-30(29)36-28-14-8-9-15-28)31-18-19-32(27(22-31)20-24-10-4-2-5-11-24)37(33,34)23-25-12-6-3-7-13-25/h2-7,10-13,16-17,21,27-28H,8-9,14-15,18-20,22-23H2,1H3/t27-/m1/s1. The number of ether oxygens (including phenoxy) is 2.